The van der Waals surface area contributed by atoms with Gasteiger partial charge in [0, 0.05) is 42.3 Å². The van der Waals surface area contributed by atoms with Crippen LogP contribution in [0.25, 0.3) is 81.4 Å². The van der Waals surface area contributed by atoms with Gasteiger partial charge in [-0.3, -0.25) is 0 Å². The van der Waals surface area contributed by atoms with Crippen LogP contribution >= 0.6 is 68.0 Å². The van der Waals surface area contributed by atoms with Crippen molar-refractivity contribution in [1.29, 1.82) is 0 Å². The van der Waals surface area contributed by atoms with E-state index in [1.54, 1.807) is 0 Å². The number of benzene rings is 7. The summed E-state index contributed by atoms with van der Waals surface area (Å²) in [7, 11) is 0. The van der Waals surface area contributed by atoms with Gasteiger partial charge in [-0.1, -0.05) is 97.1 Å². The molecule has 0 saturated heterocycles. The van der Waals surface area contributed by atoms with Crippen molar-refractivity contribution in [3.05, 3.63) is 201 Å². The molecule has 0 amide bonds. The summed E-state index contributed by atoms with van der Waals surface area (Å²) in [5.74, 6) is 0. The maximum atomic E-state index is 2.91. The molecule has 64 heavy (non-hydrogen) atoms. The number of anilines is 4. The lowest BCUT2D eigenvalue weighted by molar-refractivity contribution is 0.661. The van der Waals surface area contributed by atoms with Crippen molar-refractivity contribution in [2.24, 2.45) is 0 Å². The minimum absolute atomic E-state index is 0.0318. The fraction of sp³-hybridized carbons (Fsp3) is 0.0357. The van der Waals surface area contributed by atoms with Crippen LogP contribution in [0.15, 0.2) is 179 Å². The summed E-state index contributed by atoms with van der Waals surface area (Å²) in [5.41, 5.74) is 10.6. The summed E-state index contributed by atoms with van der Waals surface area (Å²) in [6.07, 6.45) is 0. The molecule has 13 aromatic rings. The van der Waals surface area contributed by atoms with E-state index in [1.807, 2.05) is 68.0 Å². The van der Waals surface area contributed by atoms with Gasteiger partial charge < -0.3 is 9.80 Å². The van der Waals surface area contributed by atoms with Gasteiger partial charge in [0.2, 0.25) is 0 Å². The van der Waals surface area contributed by atoms with Crippen LogP contribution in [0.2, 0.25) is 0 Å². The van der Waals surface area contributed by atoms with Crippen molar-refractivity contribution < 1.29 is 0 Å². The zero-order valence-corrected chi connectivity index (χ0v) is 38.7. The highest BCUT2D eigenvalue weighted by molar-refractivity contribution is 7.29. The van der Waals surface area contributed by atoms with E-state index in [0.717, 1.165) is 11.4 Å². The smallest absolute Gasteiger partial charge is 0.0835 e. The molecule has 7 aromatic carbocycles. The van der Waals surface area contributed by atoms with Crippen LogP contribution in [0.3, 0.4) is 0 Å². The van der Waals surface area contributed by atoms with Gasteiger partial charge >= 0.3 is 0 Å². The SMILES string of the molecule is c1ccc2cc(N(c3ccc4ccccc4c3)c3c4sc5ccccc5c4c(N(C4c5ccsc5-c5sccc54)C4c5ccsc5-c5sccc54)c4sc5ccccc5c34)ccc2c1. The summed E-state index contributed by atoms with van der Waals surface area (Å²) in [5, 5.41) is 19.5. The van der Waals surface area contributed by atoms with Gasteiger partial charge in [0.25, 0.3) is 0 Å². The maximum Gasteiger partial charge on any atom is 0.0835 e. The van der Waals surface area contributed by atoms with Crippen molar-refractivity contribution in [2.75, 3.05) is 9.80 Å². The number of fused-ring (bicyclic) bond motifs is 14. The molecule has 0 radical (unpaired) electrons. The summed E-state index contributed by atoms with van der Waals surface area (Å²) in [6.45, 7) is 0. The van der Waals surface area contributed by atoms with E-state index in [0.29, 0.717) is 0 Å². The third kappa shape index (κ3) is 4.98. The van der Waals surface area contributed by atoms with Crippen molar-refractivity contribution in [2.45, 2.75) is 12.1 Å². The Morgan fingerprint density at radius 1 is 0.359 bits per heavy atom. The van der Waals surface area contributed by atoms with Crippen LogP contribution in [0.1, 0.15) is 34.3 Å². The van der Waals surface area contributed by atoms with Crippen LogP contribution in [0, 0.1) is 0 Å². The molecule has 0 unspecified atom stereocenters. The number of hydrogen-bond donors (Lipinski definition) is 0. The minimum Gasteiger partial charge on any atom is -0.347 e. The Morgan fingerprint density at radius 2 is 0.750 bits per heavy atom. The maximum absolute atomic E-state index is 2.91. The minimum atomic E-state index is 0.0318. The summed E-state index contributed by atoms with van der Waals surface area (Å²) < 4.78 is 5.25. The molecule has 2 aliphatic rings. The highest BCUT2D eigenvalue weighted by Gasteiger charge is 2.45. The Bertz CT molecular complexity index is 3790. The largest absolute Gasteiger partial charge is 0.347 e. The lowest BCUT2D eigenvalue weighted by Gasteiger charge is -2.39. The van der Waals surface area contributed by atoms with Gasteiger partial charge in [0.1, 0.15) is 0 Å². The molecule has 2 nitrogen and oxygen atoms in total. The Morgan fingerprint density at radius 3 is 1.22 bits per heavy atom. The van der Waals surface area contributed by atoms with Gasteiger partial charge in [0.15, 0.2) is 0 Å². The molecule has 15 rings (SSSR count). The second kappa shape index (κ2) is 13.7. The van der Waals surface area contributed by atoms with Crippen molar-refractivity contribution in [1.82, 2.24) is 0 Å². The number of rotatable bonds is 6. The van der Waals surface area contributed by atoms with E-state index in [4.69, 9.17) is 0 Å². The third-order valence-electron chi connectivity index (χ3n) is 13.5. The molecular formula is C56H32N2S6. The first-order valence-electron chi connectivity index (χ1n) is 21.4. The average Bonchev–Trinajstić information content (AvgIpc) is 4.20. The first kappa shape index (κ1) is 36.3. The lowest BCUT2D eigenvalue weighted by atomic mass is 9.94. The molecule has 0 bridgehead atoms. The molecule has 0 atom stereocenters. The van der Waals surface area contributed by atoms with E-state index in [2.05, 4.69) is 189 Å². The molecule has 302 valence electrons. The molecule has 0 N–H and O–H groups in total. The van der Waals surface area contributed by atoms with Crippen molar-refractivity contribution in [3.63, 3.8) is 0 Å². The van der Waals surface area contributed by atoms with E-state index in [1.165, 1.54) is 115 Å². The zero-order valence-electron chi connectivity index (χ0n) is 33.8. The second-order valence-electron chi connectivity index (χ2n) is 16.7. The fourth-order valence-corrected chi connectivity index (χ4v) is 17.5. The Hall–Kier alpha value is -6.10. The fourth-order valence-electron chi connectivity index (χ4n) is 10.8. The highest BCUT2D eigenvalue weighted by atomic mass is 32.1. The lowest BCUT2D eigenvalue weighted by Crippen LogP contribution is -2.32. The molecule has 0 fully saturated rings. The molecule has 0 aliphatic heterocycles. The van der Waals surface area contributed by atoms with Gasteiger partial charge in [-0.2, -0.15) is 0 Å². The number of thiophene rings is 6. The first-order chi connectivity index (χ1) is 31.8. The Balaban J connectivity index is 1.14. The van der Waals surface area contributed by atoms with Crippen molar-refractivity contribution >= 4 is 153 Å². The molecule has 2 aliphatic carbocycles. The monoisotopic (exact) mass is 924 g/mol. The molecular weight excluding hydrogens is 893 g/mol. The molecule has 6 heterocycles. The Kier molecular flexibility index (Phi) is 7.77. The van der Waals surface area contributed by atoms with E-state index in [-0.39, 0.29) is 12.1 Å². The molecule has 0 spiro atoms. The van der Waals surface area contributed by atoms with E-state index >= 15 is 0 Å². The molecule has 6 aromatic heterocycles. The quantitative estimate of drug-likeness (QED) is 0.153. The normalized spacial score (nSPS) is 13.5. The van der Waals surface area contributed by atoms with Gasteiger partial charge in [-0.15, -0.1) is 68.0 Å². The van der Waals surface area contributed by atoms with Gasteiger partial charge in [0.05, 0.1) is 52.4 Å². The van der Waals surface area contributed by atoms with Crippen LogP contribution in [0.4, 0.5) is 22.7 Å². The van der Waals surface area contributed by atoms with Crippen LogP contribution < -0.4 is 9.80 Å². The van der Waals surface area contributed by atoms with Crippen LogP contribution in [-0.2, 0) is 0 Å². The molecule has 8 heteroatoms. The van der Waals surface area contributed by atoms with Crippen LogP contribution in [-0.4, -0.2) is 0 Å². The summed E-state index contributed by atoms with van der Waals surface area (Å²) >= 11 is 11.5. The second-order valence-corrected chi connectivity index (χ2v) is 22.5. The number of nitrogens with zero attached hydrogens (tertiary/aromatic N) is 2. The van der Waals surface area contributed by atoms with Gasteiger partial charge in [-0.25, -0.2) is 0 Å². The standard InChI is InChI=1S/C56H32N2S6/c1-3-11-33-29-35(19-17-31(33)9-1)57(36-20-18-32-10-2-4-12-34(32)30-36)49-45-37-13-5-7-15-43(37)64-56(45)50(46-38-14-6-8-16-44(38)63-55(46)49)58(47-39-21-25-59-51(39)52-40(47)22-26-60-52)48-41-23-27-61-53(41)54-42(48)24-28-62-54/h1-30,47-48H. The highest BCUT2D eigenvalue weighted by Crippen LogP contribution is 2.64. The Labute approximate surface area is 392 Å². The summed E-state index contributed by atoms with van der Waals surface area (Å²) in [4.78, 5) is 11.2. The van der Waals surface area contributed by atoms with Crippen molar-refractivity contribution in [3.8, 4) is 19.5 Å². The predicted octanol–water partition coefficient (Wildman–Crippen LogP) is 18.8. The van der Waals surface area contributed by atoms with E-state index in [9.17, 15) is 0 Å². The topological polar surface area (TPSA) is 6.48 Å². The number of hydrogen-bond acceptors (Lipinski definition) is 8. The van der Waals surface area contributed by atoms with Crippen LogP contribution in [0.5, 0.6) is 0 Å². The van der Waals surface area contributed by atoms with Gasteiger partial charge in [-0.05, 0) is 126 Å². The average molecular weight is 925 g/mol. The molecule has 0 saturated carbocycles. The summed E-state index contributed by atoms with van der Waals surface area (Å²) in [6, 6.07) is 59.7. The third-order valence-corrected chi connectivity index (χ3v) is 19.9. The zero-order chi connectivity index (χ0) is 41.6. The van der Waals surface area contributed by atoms with E-state index < -0.39 is 0 Å². The predicted molar refractivity (Wildman–Crippen MR) is 283 cm³/mol. The first-order valence-corrected chi connectivity index (χ1v) is 26.6.